The molecule has 0 fully saturated rings. The minimum absolute atomic E-state index is 0.137. The lowest BCUT2D eigenvalue weighted by Crippen LogP contribution is -2.13. The summed E-state index contributed by atoms with van der Waals surface area (Å²) in [6.45, 7) is 9.80. The lowest BCUT2D eigenvalue weighted by atomic mass is 10.1. The summed E-state index contributed by atoms with van der Waals surface area (Å²) in [7, 11) is 0. The smallest absolute Gasteiger partial charge is 0.214 e. The SMILES string of the molecule is C=C(C)C(=O)SC(CCCC)CC(S)CC. The van der Waals surface area contributed by atoms with Gasteiger partial charge in [-0.05, 0) is 31.8 Å². The van der Waals surface area contributed by atoms with Crippen LogP contribution in [0.5, 0.6) is 0 Å². The maximum atomic E-state index is 11.6. The van der Waals surface area contributed by atoms with Crippen LogP contribution in [0.15, 0.2) is 12.2 Å². The molecule has 0 saturated carbocycles. The molecular weight excluding hydrogens is 236 g/mol. The molecule has 0 spiro atoms. The van der Waals surface area contributed by atoms with Crippen molar-refractivity contribution in [3.63, 3.8) is 0 Å². The Balaban J connectivity index is 4.19. The Bertz CT molecular complexity index is 226. The van der Waals surface area contributed by atoms with Crippen LogP contribution in [0, 0.1) is 0 Å². The minimum atomic E-state index is 0.137. The molecule has 0 aromatic carbocycles. The van der Waals surface area contributed by atoms with Crippen molar-refractivity contribution in [2.45, 2.75) is 63.4 Å². The van der Waals surface area contributed by atoms with Gasteiger partial charge < -0.3 is 0 Å². The molecule has 16 heavy (non-hydrogen) atoms. The van der Waals surface area contributed by atoms with Gasteiger partial charge in [-0.15, -0.1) is 0 Å². The van der Waals surface area contributed by atoms with Crippen molar-refractivity contribution in [1.82, 2.24) is 0 Å². The van der Waals surface area contributed by atoms with Gasteiger partial charge in [0.25, 0.3) is 0 Å². The standard InChI is InChI=1S/C13H24OS2/c1-5-7-8-12(9-11(15)6-2)16-13(14)10(3)4/h11-12,15H,3,5-9H2,1-2,4H3. The summed E-state index contributed by atoms with van der Waals surface area (Å²) < 4.78 is 0. The zero-order chi connectivity index (χ0) is 12.6. The van der Waals surface area contributed by atoms with Crippen LogP contribution < -0.4 is 0 Å². The highest BCUT2D eigenvalue weighted by Crippen LogP contribution is 2.27. The van der Waals surface area contributed by atoms with Crippen LogP contribution in [-0.2, 0) is 4.79 Å². The van der Waals surface area contributed by atoms with Gasteiger partial charge in [0.15, 0.2) is 0 Å². The summed E-state index contributed by atoms with van der Waals surface area (Å²) in [4.78, 5) is 11.6. The number of thiol groups is 1. The molecule has 2 atom stereocenters. The van der Waals surface area contributed by atoms with Crippen molar-refractivity contribution in [2.75, 3.05) is 0 Å². The molecule has 3 heteroatoms. The zero-order valence-electron chi connectivity index (χ0n) is 10.7. The van der Waals surface area contributed by atoms with E-state index < -0.39 is 0 Å². The third-order valence-electron chi connectivity index (χ3n) is 2.51. The number of hydrogen-bond acceptors (Lipinski definition) is 3. The van der Waals surface area contributed by atoms with E-state index in [1.165, 1.54) is 24.6 Å². The Labute approximate surface area is 110 Å². The molecule has 0 rings (SSSR count). The fourth-order valence-electron chi connectivity index (χ4n) is 1.38. The molecule has 94 valence electrons. The fourth-order valence-corrected chi connectivity index (χ4v) is 2.89. The second-order valence-corrected chi connectivity index (χ2v) is 6.25. The summed E-state index contributed by atoms with van der Waals surface area (Å²) in [5.41, 5.74) is 0.652. The number of thioether (sulfide) groups is 1. The predicted molar refractivity (Wildman–Crippen MR) is 78.4 cm³/mol. The van der Waals surface area contributed by atoms with Gasteiger partial charge in [-0.25, -0.2) is 0 Å². The Hall–Kier alpha value is 0.110. The average molecular weight is 260 g/mol. The fraction of sp³-hybridized carbons (Fsp3) is 0.769. The van der Waals surface area contributed by atoms with Gasteiger partial charge in [0.1, 0.15) is 0 Å². The van der Waals surface area contributed by atoms with Gasteiger partial charge in [0, 0.05) is 10.5 Å². The first-order valence-corrected chi connectivity index (χ1v) is 7.45. The van der Waals surface area contributed by atoms with E-state index in [1.54, 1.807) is 6.92 Å². The number of unbranched alkanes of at least 4 members (excludes halogenated alkanes) is 1. The van der Waals surface area contributed by atoms with Crippen LogP contribution in [0.2, 0.25) is 0 Å². The van der Waals surface area contributed by atoms with E-state index in [2.05, 4.69) is 33.1 Å². The van der Waals surface area contributed by atoms with Crippen molar-refractivity contribution in [1.29, 1.82) is 0 Å². The molecule has 0 N–H and O–H groups in total. The van der Waals surface area contributed by atoms with Gasteiger partial charge in [-0.1, -0.05) is 45.0 Å². The van der Waals surface area contributed by atoms with Crippen LogP contribution in [0.4, 0.5) is 0 Å². The zero-order valence-corrected chi connectivity index (χ0v) is 12.4. The minimum Gasteiger partial charge on any atom is -0.282 e. The summed E-state index contributed by atoms with van der Waals surface area (Å²) in [6.07, 6.45) is 5.56. The maximum Gasteiger partial charge on any atom is 0.214 e. The van der Waals surface area contributed by atoms with Crippen molar-refractivity contribution in [2.24, 2.45) is 0 Å². The molecule has 0 bridgehead atoms. The number of rotatable bonds is 8. The molecule has 0 heterocycles. The second-order valence-electron chi connectivity index (χ2n) is 4.25. The molecule has 0 radical (unpaired) electrons. The van der Waals surface area contributed by atoms with Gasteiger partial charge in [0.05, 0.1) is 0 Å². The molecule has 0 aromatic heterocycles. The topological polar surface area (TPSA) is 17.1 Å². The normalized spacial score (nSPS) is 14.5. The number of carbonyl (C=O) groups excluding carboxylic acids is 1. The van der Waals surface area contributed by atoms with Crippen LogP contribution in [0.1, 0.15) is 52.9 Å². The quantitative estimate of drug-likeness (QED) is 0.512. The molecule has 0 amide bonds. The van der Waals surface area contributed by atoms with E-state index >= 15 is 0 Å². The first-order valence-electron chi connectivity index (χ1n) is 6.05. The van der Waals surface area contributed by atoms with Crippen molar-refractivity contribution < 1.29 is 4.79 Å². The highest BCUT2D eigenvalue weighted by Gasteiger charge is 2.17. The Morgan fingerprint density at radius 1 is 1.44 bits per heavy atom. The lowest BCUT2D eigenvalue weighted by Gasteiger charge is -2.18. The molecule has 0 saturated heterocycles. The third kappa shape index (κ3) is 7.39. The molecular formula is C13H24OS2. The van der Waals surface area contributed by atoms with E-state index in [9.17, 15) is 4.79 Å². The highest BCUT2D eigenvalue weighted by atomic mass is 32.2. The predicted octanol–water partition coefficient (Wildman–Crippen LogP) is 4.48. The summed E-state index contributed by atoms with van der Waals surface area (Å²) in [5, 5.41) is 0.955. The van der Waals surface area contributed by atoms with E-state index in [-0.39, 0.29) is 5.12 Å². The number of carbonyl (C=O) groups is 1. The van der Waals surface area contributed by atoms with Gasteiger partial charge in [-0.2, -0.15) is 12.6 Å². The molecule has 0 aromatic rings. The lowest BCUT2D eigenvalue weighted by molar-refractivity contribution is -0.107. The van der Waals surface area contributed by atoms with Gasteiger partial charge >= 0.3 is 0 Å². The van der Waals surface area contributed by atoms with Gasteiger partial charge in [0.2, 0.25) is 5.12 Å². The van der Waals surface area contributed by atoms with E-state index in [4.69, 9.17) is 0 Å². The van der Waals surface area contributed by atoms with E-state index in [1.807, 2.05) is 0 Å². The molecule has 0 aliphatic carbocycles. The van der Waals surface area contributed by atoms with Crippen LogP contribution in [0.3, 0.4) is 0 Å². The largest absolute Gasteiger partial charge is 0.282 e. The molecule has 2 unspecified atom stereocenters. The van der Waals surface area contributed by atoms with Crippen molar-refractivity contribution in [3.05, 3.63) is 12.2 Å². The van der Waals surface area contributed by atoms with E-state index in [0.717, 1.165) is 19.3 Å². The van der Waals surface area contributed by atoms with Gasteiger partial charge in [-0.3, -0.25) is 4.79 Å². The van der Waals surface area contributed by atoms with Crippen LogP contribution in [-0.4, -0.2) is 15.6 Å². The summed E-state index contributed by atoms with van der Waals surface area (Å²) in [5.74, 6) is 0. The third-order valence-corrected chi connectivity index (χ3v) is 4.41. The van der Waals surface area contributed by atoms with Crippen LogP contribution in [0.25, 0.3) is 0 Å². The maximum absolute atomic E-state index is 11.6. The molecule has 0 aliphatic heterocycles. The Morgan fingerprint density at radius 2 is 2.06 bits per heavy atom. The molecule has 0 aliphatic rings. The molecule has 1 nitrogen and oxygen atoms in total. The van der Waals surface area contributed by atoms with Crippen molar-refractivity contribution in [3.8, 4) is 0 Å². The summed E-state index contributed by atoms with van der Waals surface area (Å²) in [6, 6.07) is 0. The van der Waals surface area contributed by atoms with Crippen LogP contribution >= 0.6 is 24.4 Å². The number of hydrogen-bond donors (Lipinski definition) is 1. The second kappa shape index (κ2) is 9.17. The van der Waals surface area contributed by atoms with Crippen molar-refractivity contribution >= 4 is 29.5 Å². The monoisotopic (exact) mass is 260 g/mol. The average Bonchev–Trinajstić information content (AvgIpc) is 2.25. The first-order chi connectivity index (χ1) is 7.51. The summed E-state index contributed by atoms with van der Waals surface area (Å²) >= 11 is 5.97. The van der Waals surface area contributed by atoms with E-state index in [0.29, 0.717) is 16.1 Å². The Morgan fingerprint density at radius 3 is 2.50 bits per heavy atom. The Kier molecular flexibility index (Phi) is 9.24. The highest BCUT2D eigenvalue weighted by molar-refractivity contribution is 8.14. The first kappa shape index (κ1) is 16.1.